The second-order valence-corrected chi connectivity index (χ2v) is 9.43. The van der Waals surface area contributed by atoms with Gasteiger partial charge in [-0.15, -0.1) is 0 Å². The summed E-state index contributed by atoms with van der Waals surface area (Å²) in [5, 5.41) is 2.78. The van der Waals surface area contributed by atoms with Crippen molar-refractivity contribution in [2.45, 2.75) is 65.1 Å². The lowest BCUT2D eigenvalue weighted by Gasteiger charge is -2.25. The summed E-state index contributed by atoms with van der Waals surface area (Å²) in [5.41, 5.74) is 4.45. The molecule has 0 saturated carbocycles. The van der Waals surface area contributed by atoms with Gasteiger partial charge in [-0.05, 0) is 68.2 Å². The predicted octanol–water partition coefficient (Wildman–Crippen LogP) is 6.92. The van der Waals surface area contributed by atoms with Crippen LogP contribution >= 0.6 is 0 Å². The van der Waals surface area contributed by atoms with Crippen molar-refractivity contribution >= 4 is 12.2 Å². The smallest absolute Gasteiger partial charge is 0.410 e. The molecule has 1 unspecified atom stereocenters. The van der Waals surface area contributed by atoms with Crippen LogP contribution in [0.2, 0.25) is 0 Å². The number of aryl methyl sites for hydroxylation is 2. The van der Waals surface area contributed by atoms with E-state index in [2.05, 4.69) is 29.6 Å². The fourth-order valence-corrected chi connectivity index (χ4v) is 4.34. The van der Waals surface area contributed by atoms with Crippen molar-refractivity contribution in [3.63, 3.8) is 0 Å². The molecule has 0 aliphatic rings. The Hall–Kier alpha value is -3.80. The zero-order valence-electron chi connectivity index (χ0n) is 22.6. The number of amides is 2. The number of rotatable bonds is 14. The first-order chi connectivity index (χ1) is 18.5. The summed E-state index contributed by atoms with van der Waals surface area (Å²) in [4.78, 5) is 26.9. The van der Waals surface area contributed by atoms with E-state index in [0.29, 0.717) is 26.2 Å². The van der Waals surface area contributed by atoms with E-state index in [1.807, 2.05) is 67.6 Å². The van der Waals surface area contributed by atoms with Gasteiger partial charge in [-0.3, -0.25) is 0 Å². The van der Waals surface area contributed by atoms with Crippen LogP contribution in [0.5, 0.6) is 0 Å². The van der Waals surface area contributed by atoms with E-state index < -0.39 is 6.09 Å². The maximum absolute atomic E-state index is 13.3. The summed E-state index contributed by atoms with van der Waals surface area (Å²) in [6.07, 6.45) is 3.49. The van der Waals surface area contributed by atoms with E-state index >= 15 is 0 Å². The highest BCUT2D eigenvalue weighted by Crippen LogP contribution is 2.16. The fraction of sp³-hybridized carbons (Fsp3) is 0.375. The molecule has 0 aliphatic heterocycles. The molecule has 2 amide bonds. The van der Waals surface area contributed by atoms with Gasteiger partial charge in [0, 0.05) is 19.6 Å². The van der Waals surface area contributed by atoms with Gasteiger partial charge in [-0.25, -0.2) is 9.59 Å². The Morgan fingerprint density at radius 2 is 1.39 bits per heavy atom. The molecular formula is C32H40N2O4. The molecule has 3 aromatic carbocycles. The van der Waals surface area contributed by atoms with Crippen LogP contribution in [0, 0.1) is 0 Å². The molecule has 1 atom stereocenters. The third kappa shape index (κ3) is 10.3. The number of benzene rings is 3. The zero-order valence-corrected chi connectivity index (χ0v) is 22.6. The lowest BCUT2D eigenvalue weighted by atomic mass is 10.1. The number of alkyl carbamates (subject to hydrolysis) is 1. The number of hydrogen-bond donors (Lipinski definition) is 1. The lowest BCUT2D eigenvalue weighted by Crippen LogP contribution is -2.35. The molecule has 6 nitrogen and oxygen atoms in total. The fourth-order valence-electron chi connectivity index (χ4n) is 4.34. The molecule has 3 aromatic rings. The van der Waals surface area contributed by atoms with E-state index in [4.69, 9.17) is 9.47 Å². The largest absolute Gasteiger partial charge is 0.450 e. The van der Waals surface area contributed by atoms with Crippen LogP contribution in [0.25, 0.3) is 0 Å². The SMILES string of the molecule is CCOC(=O)NCc1ccccc1CN(CCCc1ccccc1)C(=O)OC(C)CCCc1ccccc1. The number of nitrogens with zero attached hydrogens (tertiary/aromatic N) is 1. The van der Waals surface area contributed by atoms with Crippen molar-refractivity contribution < 1.29 is 19.1 Å². The van der Waals surface area contributed by atoms with Crippen LogP contribution in [0.3, 0.4) is 0 Å². The minimum absolute atomic E-state index is 0.177. The monoisotopic (exact) mass is 516 g/mol. The van der Waals surface area contributed by atoms with Gasteiger partial charge in [0.05, 0.1) is 6.61 Å². The molecule has 0 saturated heterocycles. The Morgan fingerprint density at radius 3 is 2.03 bits per heavy atom. The molecule has 1 N–H and O–H groups in total. The number of hydrogen-bond acceptors (Lipinski definition) is 4. The summed E-state index contributed by atoms with van der Waals surface area (Å²) >= 11 is 0. The number of ether oxygens (including phenoxy) is 2. The van der Waals surface area contributed by atoms with Crippen LogP contribution in [-0.4, -0.2) is 36.3 Å². The van der Waals surface area contributed by atoms with Crippen molar-refractivity contribution in [3.05, 3.63) is 107 Å². The van der Waals surface area contributed by atoms with E-state index in [9.17, 15) is 9.59 Å². The highest BCUT2D eigenvalue weighted by Gasteiger charge is 2.19. The first-order valence-electron chi connectivity index (χ1n) is 13.6. The Bertz CT molecular complexity index is 1100. The Labute approximate surface area is 227 Å². The number of nitrogens with one attached hydrogen (secondary N) is 1. The molecule has 0 aromatic heterocycles. The highest BCUT2D eigenvalue weighted by molar-refractivity contribution is 5.68. The van der Waals surface area contributed by atoms with E-state index in [0.717, 1.165) is 43.2 Å². The summed E-state index contributed by atoms with van der Waals surface area (Å²) in [5.74, 6) is 0. The molecule has 0 spiro atoms. The van der Waals surface area contributed by atoms with Crippen molar-refractivity contribution in [2.75, 3.05) is 13.2 Å². The topological polar surface area (TPSA) is 67.9 Å². The van der Waals surface area contributed by atoms with Crippen LogP contribution in [0.1, 0.15) is 55.4 Å². The van der Waals surface area contributed by atoms with Gasteiger partial charge in [0.15, 0.2) is 0 Å². The summed E-state index contributed by atoms with van der Waals surface area (Å²) in [6.45, 7) is 5.36. The molecule has 6 heteroatoms. The molecule has 0 aliphatic carbocycles. The minimum atomic E-state index is -0.453. The van der Waals surface area contributed by atoms with Crippen LogP contribution < -0.4 is 5.32 Å². The quantitative estimate of drug-likeness (QED) is 0.253. The third-order valence-corrected chi connectivity index (χ3v) is 6.39. The van der Waals surface area contributed by atoms with Gasteiger partial charge >= 0.3 is 12.2 Å². The Kier molecular flexibility index (Phi) is 12.2. The predicted molar refractivity (Wildman–Crippen MR) is 151 cm³/mol. The van der Waals surface area contributed by atoms with Gasteiger partial charge in [-0.2, -0.15) is 0 Å². The lowest BCUT2D eigenvalue weighted by molar-refractivity contribution is 0.0632. The molecular weight excluding hydrogens is 476 g/mol. The first kappa shape index (κ1) is 28.8. The average molecular weight is 517 g/mol. The molecule has 3 rings (SSSR count). The van der Waals surface area contributed by atoms with Crippen LogP contribution in [-0.2, 0) is 35.4 Å². The van der Waals surface area contributed by atoms with Crippen molar-refractivity contribution in [1.29, 1.82) is 0 Å². The van der Waals surface area contributed by atoms with Crippen molar-refractivity contribution in [1.82, 2.24) is 10.2 Å². The van der Waals surface area contributed by atoms with Gasteiger partial charge in [0.2, 0.25) is 0 Å². The van der Waals surface area contributed by atoms with Gasteiger partial charge in [0.1, 0.15) is 6.10 Å². The Morgan fingerprint density at radius 1 is 0.816 bits per heavy atom. The molecule has 0 radical (unpaired) electrons. The molecule has 0 heterocycles. The minimum Gasteiger partial charge on any atom is -0.450 e. The number of carbonyl (C=O) groups is 2. The first-order valence-corrected chi connectivity index (χ1v) is 13.6. The third-order valence-electron chi connectivity index (χ3n) is 6.39. The van der Waals surface area contributed by atoms with Crippen molar-refractivity contribution in [2.24, 2.45) is 0 Å². The highest BCUT2D eigenvalue weighted by atomic mass is 16.6. The van der Waals surface area contributed by atoms with Gasteiger partial charge in [0.25, 0.3) is 0 Å². The standard InChI is InChI=1S/C32H40N2O4/c1-3-37-31(35)33-24-29-21-10-11-22-30(29)25-34(23-13-20-28-17-8-5-9-18-28)32(36)38-26(2)14-12-19-27-15-6-4-7-16-27/h4-11,15-18,21-22,26H,3,12-14,19-20,23-25H2,1-2H3,(H,33,35). The molecule has 202 valence electrons. The molecule has 0 bridgehead atoms. The second-order valence-electron chi connectivity index (χ2n) is 9.43. The van der Waals surface area contributed by atoms with Crippen molar-refractivity contribution in [3.8, 4) is 0 Å². The van der Waals surface area contributed by atoms with Crippen LogP contribution in [0.4, 0.5) is 9.59 Å². The van der Waals surface area contributed by atoms with E-state index in [-0.39, 0.29) is 12.2 Å². The number of carbonyl (C=O) groups excluding carboxylic acids is 2. The van der Waals surface area contributed by atoms with E-state index in [1.165, 1.54) is 11.1 Å². The van der Waals surface area contributed by atoms with Gasteiger partial charge in [-0.1, -0.05) is 84.9 Å². The van der Waals surface area contributed by atoms with Crippen LogP contribution in [0.15, 0.2) is 84.9 Å². The second kappa shape index (κ2) is 16.1. The summed E-state index contributed by atoms with van der Waals surface area (Å²) in [7, 11) is 0. The zero-order chi connectivity index (χ0) is 27.0. The maximum Gasteiger partial charge on any atom is 0.410 e. The Balaban J connectivity index is 1.61. The maximum atomic E-state index is 13.3. The molecule has 38 heavy (non-hydrogen) atoms. The average Bonchev–Trinajstić information content (AvgIpc) is 2.93. The van der Waals surface area contributed by atoms with Gasteiger partial charge < -0.3 is 19.7 Å². The summed E-state index contributed by atoms with van der Waals surface area (Å²) < 4.78 is 10.9. The summed E-state index contributed by atoms with van der Waals surface area (Å²) in [6, 6.07) is 28.5. The normalized spacial score (nSPS) is 11.4. The van der Waals surface area contributed by atoms with E-state index in [1.54, 1.807) is 11.8 Å². The molecule has 0 fully saturated rings.